The zero-order valence-electron chi connectivity index (χ0n) is 11.8. The summed E-state index contributed by atoms with van der Waals surface area (Å²) in [5.74, 6) is 0.129. The maximum absolute atomic E-state index is 9.31. The van der Waals surface area contributed by atoms with Crippen molar-refractivity contribution in [3.8, 4) is 6.19 Å². The number of benzene rings is 1. The predicted octanol–water partition coefficient (Wildman–Crippen LogP) is 4.30. The molecule has 0 saturated carbocycles. The third-order valence-corrected chi connectivity index (χ3v) is 3.32. The van der Waals surface area contributed by atoms with E-state index in [1.165, 1.54) is 4.90 Å². The summed E-state index contributed by atoms with van der Waals surface area (Å²) in [6.07, 6.45) is 3.86. The third-order valence-electron chi connectivity index (χ3n) is 2.89. The van der Waals surface area contributed by atoms with E-state index < -0.39 is 0 Å². The zero-order valence-corrected chi connectivity index (χ0v) is 13.3. The van der Waals surface area contributed by atoms with Crippen LogP contribution >= 0.6 is 23.2 Å². The van der Waals surface area contributed by atoms with Gasteiger partial charge in [-0.2, -0.15) is 5.26 Å². The Labute approximate surface area is 129 Å². The lowest BCUT2D eigenvalue weighted by Gasteiger charge is -2.33. The van der Waals surface area contributed by atoms with Gasteiger partial charge in [0.15, 0.2) is 6.19 Å². The summed E-state index contributed by atoms with van der Waals surface area (Å²) >= 11 is 11.8. The van der Waals surface area contributed by atoms with Crippen LogP contribution in [0.5, 0.6) is 0 Å². The van der Waals surface area contributed by atoms with Crippen molar-refractivity contribution in [1.29, 1.82) is 5.26 Å². The van der Waals surface area contributed by atoms with Gasteiger partial charge < -0.3 is 5.73 Å². The largest absolute Gasteiger partial charge is 0.369 e. The molecule has 0 amide bonds. The molecule has 0 saturated heterocycles. The van der Waals surface area contributed by atoms with Crippen molar-refractivity contribution < 1.29 is 0 Å². The second-order valence-corrected chi connectivity index (χ2v) is 5.97. The zero-order chi connectivity index (χ0) is 15.3. The van der Waals surface area contributed by atoms with E-state index in [1.807, 2.05) is 13.8 Å². The number of nitrogens with two attached hydrogens (primary N) is 1. The first-order chi connectivity index (χ1) is 9.30. The summed E-state index contributed by atoms with van der Waals surface area (Å²) in [7, 11) is 0. The van der Waals surface area contributed by atoms with Gasteiger partial charge in [0, 0.05) is 10.0 Å². The molecule has 0 spiro atoms. The maximum Gasteiger partial charge on any atom is 0.210 e. The minimum Gasteiger partial charge on any atom is -0.369 e. The molecular formula is C14H18Cl2N4. The van der Waals surface area contributed by atoms with Crippen LogP contribution in [0, 0.1) is 11.5 Å². The fourth-order valence-corrected chi connectivity index (χ4v) is 2.52. The van der Waals surface area contributed by atoms with Crippen LogP contribution in [0.2, 0.25) is 10.0 Å². The standard InChI is InChI=1S/C14H18Cl2N4/c1-4-5-14(2,3)20(9-17)13(18)19-12-7-10(15)6-11(16)8-12/h6-8H,4-5H2,1-3H3,(H2,18,19). The summed E-state index contributed by atoms with van der Waals surface area (Å²) in [5.41, 5.74) is 6.08. The number of hydrogen-bond donors (Lipinski definition) is 1. The number of guanidine groups is 1. The highest BCUT2D eigenvalue weighted by molar-refractivity contribution is 6.35. The lowest BCUT2D eigenvalue weighted by molar-refractivity contribution is 0.268. The number of hydrogen-bond acceptors (Lipinski definition) is 2. The molecular weight excluding hydrogens is 295 g/mol. The van der Waals surface area contributed by atoms with Crippen LogP contribution < -0.4 is 5.73 Å². The number of rotatable bonds is 4. The molecule has 1 aromatic carbocycles. The van der Waals surface area contributed by atoms with Crippen molar-refractivity contribution in [3.05, 3.63) is 28.2 Å². The molecule has 0 atom stereocenters. The molecule has 0 aliphatic rings. The molecule has 0 aromatic heterocycles. The summed E-state index contributed by atoms with van der Waals surface area (Å²) in [6, 6.07) is 4.90. The summed E-state index contributed by atoms with van der Waals surface area (Å²) in [5, 5.41) is 10.3. The van der Waals surface area contributed by atoms with Crippen LogP contribution in [0.1, 0.15) is 33.6 Å². The van der Waals surface area contributed by atoms with Crippen LogP contribution in [0.25, 0.3) is 0 Å². The third kappa shape index (κ3) is 4.29. The second-order valence-electron chi connectivity index (χ2n) is 5.10. The molecule has 6 heteroatoms. The highest BCUT2D eigenvalue weighted by atomic mass is 35.5. The molecule has 108 valence electrons. The first kappa shape index (κ1) is 16.6. The van der Waals surface area contributed by atoms with E-state index in [2.05, 4.69) is 18.1 Å². The average Bonchev–Trinajstić information content (AvgIpc) is 2.27. The molecule has 4 nitrogen and oxygen atoms in total. The SMILES string of the molecule is CCCC(C)(C)N(C#N)C(N)=Nc1cc(Cl)cc(Cl)c1. The van der Waals surface area contributed by atoms with Gasteiger partial charge in [-0.1, -0.05) is 36.5 Å². The van der Waals surface area contributed by atoms with E-state index >= 15 is 0 Å². The Kier molecular flexibility index (Phi) is 5.67. The molecule has 0 aliphatic heterocycles. The fourth-order valence-electron chi connectivity index (χ4n) is 2.01. The van der Waals surface area contributed by atoms with E-state index in [-0.39, 0.29) is 11.5 Å². The molecule has 0 radical (unpaired) electrons. The van der Waals surface area contributed by atoms with Crippen molar-refractivity contribution >= 4 is 34.8 Å². The van der Waals surface area contributed by atoms with Crippen LogP contribution in [-0.2, 0) is 0 Å². The molecule has 0 unspecified atom stereocenters. The van der Waals surface area contributed by atoms with Gasteiger partial charge >= 0.3 is 0 Å². The van der Waals surface area contributed by atoms with E-state index in [0.29, 0.717) is 15.7 Å². The number of halogens is 2. The first-order valence-corrected chi connectivity index (χ1v) is 7.06. The van der Waals surface area contributed by atoms with Crippen molar-refractivity contribution in [3.63, 3.8) is 0 Å². The Bertz CT molecular complexity index is 526. The smallest absolute Gasteiger partial charge is 0.210 e. The van der Waals surface area contributed by atoms with Gasteiger partial charge in [-0.25, -0.2) is 9.89 Å². The molecule has 1 aromatic rings. The molecule has 0 aliphatic carbocycles. The summed E-state index contributed by atoms with van der Waals surface area (Å²) < 4.78 is 0. The van der Waals surface area contributed by atoms with E-state index in [9.17, 15) is 5.26 Å². The van der Waals surface area contributed by atoms with Gasteiger partial charge in [0.25, 0.3) is 0 Å². The summed E-state index contributed by atoms with van der Waals surface area (Å²) in [4.78, 5) is 5.64. The molecule has 0 bridgehead atoms. The quantitative estimate of drug-likeness (QED) is 0.390. The Balaban J connectivity index is 3.10. The van der Waals surface area contributed by atoms with Gasteiger partial charge in [0.2, 0.25) is 5.96 Å². The Morgan fingerprint density at radius 3 is 2.35 bits per heavy atom. The molecule has 1 rings (SSSR count). The number of nitrogens with zero attached hydrogens (tertiary/aromatic N) is 3. The van der Waals surface area contributed by atoms with Gasteiger partial charge in [-0.3, -0.25) is 0 Å². The van der Waals surface area contributed by atoms with Crippen molar-refractivity contribution in [2.24, 2.45) is 10.7 Å². The van der Waals surface area contributed by atoms with Crippen molar-refractivity contribution in [2.45, 2.75) is 39.2 Å². The van der Waals surface area contributed by atoms with E-state index in [0.717, 1.165) is 12.8 Å². The predicted molar refractivity (Wildman–Crippen MR) is 84.2 cm³/mol. The highest BCUT2D eigenvalue weighted by Crippen LogP contribution is 2.26. The number of aliphatic imine (C=N–C) groups is 1. The van der Waals surface area contributed by atoms with Gasteiger partial charge in [-0.05, 0) is 38.5 Å². The van der Waals surface area contributed by atoms with Gasteiger partial charge in [0.1, 0.15) is 0 Å². The van der Waals surface area contributed by atoms with Crippen molar-refractivity contribution in [1.82, 2.24) is 4.90 Å². The van der Waals surface area contributed by atoms with Crippen LogP contribution in [0.4, 0.5) is 5.69 Å². The van der Waals surface area contributed by atoms with Crippen LogP contribution in [-0.4, -0.2) is 16.4 Å². The Morgan fingerprint density at radius 1 is 1.35 bits per heavy atom. The molecule has 0 fully saturated rings. The molecule has 2 N–H and O–H groups in total. The van der Waals surface area contributed by atoms with Crippen molar-refractivity contribution in [2.75, 3.05) is 0 Å². The Hall–Kier alpha value is -1.44. The molecule has 20 heavy (non-hydrogen) atoms. The van der Waals surface area contributed by atoms with Gasteiger partial charge in [-0.15, -0.1) is 0 Å². The minimum atomic E-state index is -0.389. The second kappa shape index (κ2) is 6.83. The van der Waals surface area contributed by atoms with E-state index in [1.54, 1.807) is 18.2 Å². The average molecular weight is 313 g/mol. The van der Waals surface area contributed by atoms with E-state index in [4.69, 9.17) is 28.9 Å². The monoisotopic (exact) mass is 312 g/mol. The van der Waals surface area contributed by atoms with Crippen LogP contribution in [0.15, 0.2) is 23.2 Å². The normalized spacial score (nSPS) is 12.1. The Morgan fingerprint density at radius 2 is 1.90 bits per heavy atom. The topological polar surface area (TPSA) is 65.4 Å². The summed E-state index contributed by atoms with van der Waals surface area (Å²) in [6.45, 7) is 5.96. The van der Waals surface area contributed by atoms with Crippen LogP contribution in [0.3, 0.4) is 0 Å². The molecule has 0 heterocycles. The number of nitriles is 1. The maximum atomic E-state index is 9.31. The lowest BCUT2D eigenvalue weighted by atomic mass is 9.97. The highest BCUT2D eigenvalue weighted by Gasteiger charge is 2.27. The lowest BCUT2D eigenvalue weighted by Crippen LogP contribution is -2.47. The first-order valence-electron chi connectivity index (χ1n) is 6.30. The minimum absolute atomic E-state index is 0.129. The fraction of sp³-hybridized carbons (Fsp3) is 0.429. The van der Waals surface area contributed by atoms with Gasteiger partial charge in [0.05, 0.1) is 11.2 Å².